The van der Waals surface area contributed by atoms with Gasteiger partial charge in [-0.25, -0.2) is 4.79 Å². The van der Waals surface area contributed by atoms with Gasteiger partial charge in [0, 0.05) is 30.7 Å². The number of nitrogens with one attached hydrogen (secondary N) is 1. The molecule has 7 heteroatoms. The van der Waals surface area contributed by atoms with Gasteiger partial charge in [0.25, 0.3) is 0 Å². The van der Waals surface area contributed by atoms with Crippen molar-refractivity contribution in [2.75, 3.05) is 26.1 Å². The highest BCUT2D eigenvalue weighted by atomic mass is 16.5. The standard InChI is InChI=1S/C25H32N2O5/c1-5-16-17(18(14-31-3)23(29)32-4)13-22-25(10-11-27(22)21(16)12-15(2)28)19-8-6-7-9-20(19)26-24(25)30/h6-9,14,16-17,21-22H,5,10-13H2,1-4H3,(H,26,30)/b18-14-/t16-,17+,21+,22+,25+/m1/s1. The minimum absolute atomic E-state index is 0.0109. The van der Waals surface area contributed by atoms with Crippen molar-refractivity contribution in [2.24, 2.45) is 11.8 Å². The van der Waals surface area contributed by atoms with E-state index < -0.39 is 11.4 Å². The van der Waals surface area contributed by atoms with Gasteiger partial charge in [0.2, 0.25) is 5.91 Å². The summed E-state index contributed by atoms with van der Waals surface area (Å²) in [6.07, 6.45) is 3.99. The number of carbonyl (C=O) groups excluding carboxylic acids is 3. The lowest BCUT2D eigenvalue weighted by molar-refractivity contribution is -0.137. The summed E-state index contributed by atoms with van der Waals surface area (Å²) in [6.45, 7) is 4.45. The van der Waals surface area contributed by atoms with Crippen molar-refractivity contribution in [1.29, 1.82) is 0 Å². The molecule has 1 aromatic carbocycles. The lowest BCUT2D eigenvalue weighted by Crippen LogP contribution is -2.58. The normalized spacial score (nSPS) is 31.8. The average molecular weight is 441 g/mol. The highest BCUT2D eigenvalue weighted by Crippen LogP contribution is 2.55. The van der Waals surface area contributed by atoms with Gasteiger partial charge in [-0.3, -0.25) is 14.5 Å². The fraction of sp³-hybridized carbons (Fsp3) is 0.560. The molecular formula is C25H32N2O5. The number of ketones is 1. The molecule has 5 atom stereocenters. The monoisotopic (exact) mass is 440 g/mol. The number of rotatable bonds is 6. The summed E-state index contributed by atoms with van der Waals surface area (Å²) in [5.74, 6) is -0.398. The van der Waals surface area contributed by atoms with Crippen molar-refractivity contribution < 1.29 is 23.9 Å². The molecule has 0 aromatic heterocycles. The lowest BCUT2D eigenvalue weighted by Gasteiger charge is -2.50. The predicted molar refractivity (Wildman–Crippen MR) is 120 cm³/mol. The summed E-state index contributed by atoms with van der Waals surface area (Å²) in [4.78, 5) is 40.8. The molecule has 1 N–H and O–H groups in total. The molecule has 3 heterocycles. The fourth-order valence-electron chi connectivity index (χ4n) is 6.50. The largest absolute Gasteiger partial charge is 0.504 e. The number of fused-ring (bicyclic) bond motifs is 4. The molecule has 0 aliphatic carbocycles. The van der Waals surface area contributed by atoms with Crippen LogP contribution in [0.1, 0.15) is 45.1 Å². The number of hydrogen-bond acceptors (Lipinski definition) is 6. The molecule has 0 radical (unpaired) electrons. The number of ether oxygens (including phenoxy) is 2. The first-order valence-electron chi connectivity index (χ1n) is 11.4. The van der Waals surface area contributed by atoms with E-state index in [1.54, 1.807) is 6.92 Å². The van der Waals surface area contributed by atoms with Gasteiger partial charge < -0.3 is 14.8 Å². The maximum atomic E-state index is 13.4. The predicted octanol–water partition coefficient (Wildman–Crippen LogP) is 3.05. The summed E-state index contributed by atoms with van der Waals surface area (Å²) in [5, 5.41) is 3.08. The van der Waals surface area contributed by atoms with Crippen molar-refractivity contribution in [2.45, 2.75) is 57.0 Å². The molecule has 1 spiro atoms. The molecule has 0 bridgehead atoms. The number of nitrogens with zero attached hydrogens (tertiary/aromatic N) is 1. The van der Waals surface area contributed by atoms with E-state index in [1.165, 1.54) is 20.5 Å². The molecule has 1 amide bonds. The number of piperidine rings is 1. The van der Waals surface area contributed by atoms with Crippen molar-refractivity contribution in [3.05, 3.63) is 41.7 Å². The Morgan fingerprint density at radius 1 is 1.28 bits per heavy atom. The zero-order chi connectivity index (χ0) is 23.0. The zero-order valence-electron chi connectivity index (χ0n) is 19.2. The Hall–Kier alpha value is -2.67. The van der Waals surface area contributed by atoms with Crippen LogP contribution in [-0.2, 0) is 29.3 Å². The molecule has 2 saturated heterocycles. The van der Waals surface area contributed by atoms with Crippen LogP contribution in [0.3, 0.4) is 0 Å². The van der Waals surface area contributed by atoms with Crippen LogP contribution in [0.15, 0.2) is 36.1 Å². The molecule has 1 aromatic rings. The number of Topliss-reactive ketones (excluding diaryl/α,β-unsaturated/α-hetero) is 1. The third-order valence-electron chi connectivity index (χ3n) is 7.74. The van der Waals surface area contributed by atoms with Crippen molar-refractivity contribution in [1.82, 2.24) is 4.90 Å². The summed E-state index contributed by atoms with van der Waals surface area (Å²) in [6, 6.07) is 7.70. The van der Waals surface area contributed by atoms with Gasteiger partial charge >= 0.3 is 5.97 Å². The Bertz CT molecular complexity index is 957. The number of hydrogen-bond donors (Lipinski definition) is 1. The molecule has 3 aliphatic heterocycles. The second kappa shape index (κ2) is 8.70. The van der Waals surface area contributed by atoms with E-state index in [9.17, 15) is 14.4 Å². The number of amides is 1. The number of benzene rings is 1. The number of para-hydroxylation sites is 1. The van der Waals surface area contributed by atoms with Crippen LogP contribution in [0.2, 0.25) is 0 Å². The minimum atomic E-state index is -0.684. The molecule has 7 nitrogen and oxygen atoms in total. The van der Waals surface area contributed by atoms with Crippen LogP contribution in [0.25, 0.3) is 0 Å². The van der Waals surface area contributed by atoms with Gasteiger partial charge in [-0.15, -0.1) is 0 Å². The topological polar surface area (TPSA) is 84.9 Å². The first-order valence-corrected chi connectivity index (χ1v) is 11.4. The van der Waals surface area contributed by atoms with Gasteiger partial charge in [-0.05, 0) is 43.2 Å². The Morgan fingerprint density at radius 2 is 2.03 bits per heavy atom. The first kappa shape index (κ1) is 22.5. The summed E-state index contributed by atoms with van der Waals surface area (Å²) in [7, 11) is 2.89. The number of methoxy groups -OCH3 is 2. The van der Waals surface area contributed by atoms with Gasteiger partial charge in [0.1, 0.15) is 5.78 Å². The van der Waals surface area contributed by atoms with E-state index in [1.807, 2.05) is 24.3 Å². The van der Waals surface area contributed by atoms with E-state index in [4.69, 9.17) is 9.47 Å². The molecule has 4 rings (SSSR count). The SMILES string of the molecule is CC[C@@H]1[C@@H](/C(=C/OC)C(=O)OC)C[C@@H]2N(CC[C@@]23C(=O)Nc2ccccc23)[C@H]1CC(C)=O. The maximum Gasteiger partial charge on any atom is 0.337 e. The van der Waals surface area contributed by atoms with Gasteiger partial charge in [0.05, 0.1) is 31.5 Å². The van der Waals surface area contributed by atoms with E-state index in [2.05, 4.69) is 17.1 Å². The average Bonchev–Trinajstić information content (AvgIpc) is 3.30. The number of anilines is 1. The summed E-state index contributed by atoms with van der Waals surface area (Å²) < 4.78 is 10.4. The Labute approximate surface area is 189 Å². The molecular weight excluding hydrogens is 408 g/mol. The van der Waals surface area contributed by atoms with Crippen LogP contribution in [0.5, 0.6) is 0 Å². The van der Waals surface area contributed by atoms with Gasteiger partial charge in [0.15, 0.2) is 0 Å². The highest BCUT2D eigenvalue weighted by molar-refractivity contribution is 6.07. The second-order valence-electron chi connectivity index (χ2n) is 9.16. The molecule has 0 saturated carbocycles. The molecule has 3 aliphatic rings. The number of carbonyl (C=O) groups is 3. The van der Waals surface area contributed by atoms with Gasteiger partial charge in [-0.1, -0.05) is 31.5 Å². The quantitative estimate of drug-likeness (QED) is 0.416. The summed E-state index contributed by atoms with van der Waals surface area (Å²) in [5.41, 5.74) is 1.67. The van der Waals surface area contributed by atoms with Gasteiger partial charge in [-0.2, -0.15) is 0 Å². The van der Waals surface area contributed by atoms with E-state index in [-0.39, 0.29) is 35.6 Å². The minimum Gasteiger partial charge on any atom is -0.504 e. The highest BCUT2D eigenvalue weighted by Gasteiger charge is 2.62. The van der Waals surface area contributed by atoms with E-state index in [0.29, 0.717) is 24.8 Å². The van der Waals surface area contributed by atoms with Crippen LogP contribution in [0.4, 0.5) is 5.69 Å². The molecule has 32 heavy (non-hydrogen) atoms. The third kappa shape index (κ3) is 3.34. The zero-order valence-corrected chi connectivity index (χ0v) is 19.2. The Kier molecular flexibility index (Phi) is 6.12. The van der Waals surface area contributed by atoms with E-state index in [0.717, 1.165) is 24.2 Å². The molecule has 172 valence electrons. The third-order valence-corrected chi connectivity index (χ3v) is 7.74. The number of esters is 1. The van der Waals surface area contributed by atoms with Crippen LogP contribution < -0.4 is 5.32 Å². The Morgan fingerprint density at radius 3 is 2.69 bits per heavy atom. The lowest BCUT2D eigenvalue weighted by atomic mass is 9.65. The van der Waals surface area contributed by atoms with Crippen molar-refractivity contribution in [3.63, 3.8) is 0 Å². The van der Waals surface area contributed by atoms with Crippen LogP contribution in [-0.4, -0.2) is 55.4 Å². The second-order valence-corrected chi connectivity index (χ2v) is 9.16. The maximum absolute atomic E-state index is 13.4. The fourth-order valence-corrected chi connectivity index (χ4v) is 6.50. The van der Waals surface area contributed by atoms with Crippen molar-refractivity contribution in [3.8, 4) is 0 Å². The summed E-state index contributed by atoms with van der Waals surface area (Å²) >= 11 is 0. The molecule has 0 unspecified atom stereocenters. The van der Waals surface area contributed by atoms with Crippen molar-refractivity contribution >= 4 is 23.3 Å². The molecule has 2 fully saturated rings. The Balaban J connectivity index is 1.83. The van der Waals surface area contributed by atoms with Crippen LogP contribution >= 0.6 is 0 Å². The van der Waals surface area contributed by atoms with E-state index >= 15 is 0 Å². The smallest absolute Gasteiger partial charge is 0.337 e. The van der Waals surface area contributed by atoms with Crippen LogP contribution in [0, 0.1) is 11.8 Å². The first-order chi connectivity index (χ1) is 15.4.